The summed E-state index contributed by atoms with van der Waals surface area (Å²) in [5, 5.41) is 7.49. The predicted octanol–water partition coefficient (Wildman–Crippen LogP) is 4.88. The SMILES string of the molecule is CCCC(C(C)Cn1ccc2nc(/C(C=N)=C/N)ccc21)N(C)C(=O)CCc1ccccc1. The van der Waals surface area contributed by atoms with Gasteiger partial charge in [0.2, 0.25) is 5.91 Å². The summed E-state index contributed by atoms with van der Waals surface area (Å²) in [5.41, 5.74) is 10.0. The van der Waals surface area contributed by atoms with Crippen molar-refractivity contribution in [3.05, 3.63) is 72.2 Å². The van der Waals surface area contributed by atoms with Crippen molar-refractivity contribution in [2.24, 2.45) is 11.7 Å². The van der Waals surface area contributed by atoms with Crippen LogP contribution in [0.3, 0.4) is 0 Å². The normalized spacial score (nSPS) is 13.6. The zero-order valence-electron chi connectivity index (χ0n) is 19.9. The minimum atomic E-state index is 0.174. The van der Waals surface area contributed by atoms with E-state index in [4.69, 9.17) is 11.1 Å². The Kier molecular flexibility index (Phi) is 8.41. The lowest BCUT2D eigenvalue weighted by Crippen LogP contribution is -2.42. The zero-order chi connectivity index (χ0) is 23.8. The van der Waals surface area contributed by atoms with Gasteiger partial charge in [-0.05, 0) is 42.5 Å². The fraction of sp³-hybridized carbons (Fsp3) is 0.370. The third kappa shape index (κ3) is 5.89. The predicted molar refractivity (Wildman–Crippen MR) is 136 cm³/mol. The Labute approximate surface area is 196 Å². The summed E-state index contributed by atoms with van der Waals surface area (Å²) in [7, 11) is 1.95. The first-order chi connectivity index (χ1) is 16.0. The fourth-order valence-corrected chi connectivity index (χ4v) is 4.45. The molecule has 1 amide bonds. The van der Waals surface area contributed by atoms with E-state index >= 15 is 0 Å². The maximum Gasteiger partial charge on any atom is 0.222 e. The van der Waals surface area contributed by atoms with E-state index in [1.54, 1.807) is 0 Å². The molecule has 33 heavy (non-hydrogen) atoms. The van der Waals surface area contributed by atoms with Gasteiger partial charge in [0.05, 0.1) is 16.7 Å². The Balaban J connectivity index is 1.71. The van der Waals surface area contributed by atoms with Crippen LogP contribution in [0.4, 0.5) is 0 Å². The monoisotopic (exact) mass is 445 g/mol. The molecule has 1 aromatic carbocycles. The highest BCUT2D eigenvalue weighted by Gasteiger charge is 2.25. The molecule has 0 spiro atoms. The van der Waals surface area contributed by atoms with Crippen LogP contribution in [0.1, 0.15) is 44.4 Å². The molecule has 6 nitrogen and oxygen atoms in total. The van der Waals surface area contributed by atoms with Gasteiger partial charge in [-0.1, -0.05) is 50.6 Å². The largest absolute Gasteiger partial charge is 0.404 e. The van der Waals surface area contributed by atoms with Gasteiger partial charge in [-0.15, -0.1) is 0 Å². The number of hydrogen-bond donors (Lipinski definition) is 2. The number of carbonyl (C=O) groups excluding carboxylic acids is 1. The number of amides is 1. The van der Waals surface area contributed by atoms with Crippen LogP contribution >= 0.6 is 0 Å². The van der Waals surface area contributed by atoms with Crippen LogP contribution in [0.15, 0.2) is 60.9 Å². The summed E-state index contributed by atoms with van der Waals surface area (Å²) < 4.78 is 2.21. The second kappa shape index (κ2) is 11.5. The van der Waals surface area contributed by atoms with E-state index < -0.39 is 0 Å². The number of nitrogens with one attached hydrogen (secondary N) is 1. The molecule has 0 radical (unpaired) electrons. The molecule has 0 saturated carbocycles. The van der Waals surface area contributed by atoms with Gasteiger partial charge in [0.1, 0.15) is 0 Å². The topological polar surface area (TPSA) is 88.0 Å². The standard InChI is InChI=1S/C27H35N5O/c1-4-8-25(31(3)27(33)14-11-21-9-6-5-7-10-21)20(2)19-32-16-15-24-26(32)13-12-23(30-24)22(17-28)18-29/h5-7,9-10,12-13,15-18,20,25,28H,4,8,11,14,19,29H2,1-3H3/b22-18+,28-17?. The van der Waals surface area contributed by atoms with Gasteiger partial charge < -0.3 is 20.6 Å². The van der Waals surface area contributed by atoms with Crippen LogP contribution in [0.2, 0.25) is 0 Å². The maximum atomic E-state index is 13.0. The number of pyridine rings is 1. The van der Waals surface area contributed by atoms with E-state index in [1.807, 2.05) is 48.3 Å². The molecule has 2 heterocycles. The van der Waals surface area contributed by atoms with Crippen molar-refractivity contribution >= 4 is 28.7 Å². The van der Waals surface area contributed by atoms with Gasteiger partial charge in [0.15, 0.2) is 0 Å². The van der Waals surface area contributed by atoms with Gasteiger partial charge in [-0.25, -0.2) is 4.98 Å². The van der Waals surface area contributed by atoms with Gasteiger partial charge in [-0.2, -0.15) is 0 Å². The second-order valence-corrected chi connectivity index (χ2v) is 8.66. The summed E-state index contributed by atoms with van der Waals surface area (Å²) in [6, 6.07) is 16.3. The number of hydrogen-bond acceptors (Lipinski definition) is 4. The average Bonchev–Trinajstić information content (AvgIpc) is 3.23. The van der Waals surface area contributed by atoms with Gasteiger partial charge in [0.25, 0.3) is 0 Å². The number of allylic oxidation sites excluding steroid dienone is 1. The lowest BCUT2D eigenvalue weighted by molar-refractivity contribution is -0.133. The summed E-state index contributed by atoms with van der Waals surface area (Å²) in [6.45, 7) is 5.19. The molecule has 2 unspecified atom stereocenters. The highest BCUT2D eigenvalue weighted by molar-refractivity contribution is 6.07. The van der Waals surface area contributed by atoms with Gasteiger partial charge in [-0.3, -0.25) is 4.79 Å². The molecule has 0 bridgehead atoms. The summed E-state index contributed by atoms with van der Waals surface area (Å²) in [4.78, 5) is 19.6. The van der Waals surface area contributed by atoms with Gasteiger partial charge in [0, 0.05) is 50.2 Å². The third-order valence-corrected chi connectivity index (χ3v) is 6.34. The van der Waals surface area contributed by atoms with Crippen LogP contribution in [-0.2, 0) is 17.8 Å². The minimum absolute atomic E-state index is 0.174. The smallest absolute Gasteiger partial charge is 0.222 e. The van der Waals surface area contributed by atoms with E-state index in [-0.39, 0.29) is 17.9 Å². The van der Waals surface area contributed by atoms with Crippen molar-refractivity contribution < 1.29 is 4.79 Å². The number of carbonyl (C=O) groups is 1. The molecular weight excluding hydrogens is 410 g/mol. The molecule has 2 atom stereocenters. The molecule has 2 aromatic heterocycles. The summed E-state index contributed by atoms with van der Waals surface area (Å²) in [5.74, 6) is 0.479. The molecule has 174 valence electrons. The van der Waals surface area contributed by atoms with Crippen molar-refractivity contribution in [1.82, 2.24) is 14.5 Å². The maximum absolute atomic E-state index is 13.0. The molecule has 6 heteroatoms. The lowest BCUT2D eigenvalue weighted by atomic mass is 9.95. The van der Waals surface area contributed by atoms with Crippen LogP contribution in [0, 0.1) is 11.3 Å². The molecule has 0 saturated heterocycles. The van der Waals surface area contributed by atoms with E-state index in [0.29, 0.717) is 17.7 Å². The highest BCUT2D eigenvalue weighted by atomic mass is 16.2. The molecule has 3 rings (SSSR count). The van der Waals surface area contributed by atoms with E-state index in [9.17, 15) is 4.79 Å². The van der Waals surface area contributed by atoms with E-state index in [1.165, 1.54) is 18.0 Å². The molecule has 0 aliphatic heterocycles. The first kappa shape index (κ1) is 24.2. The number of fused-ring (bicyclic) bond motifs is 1. The quantitative estimate of drug-likeness (QED) is 0.412. The minimum Gasteiger partial charge on any atom is -0.404 e. The number of aryl methyl sites for hydroxylation is 1. The Morgan fingerprint density at radius 1 is 1.21 bits per heavy atom. The van der Waals surface area contributed by atoms with E-state index in [2.05, 4.69) is 41.7 Å². The molecular formula is C27H35N5O. The Bertz CT molecular complexity index is 1100. The summed E-state index contributed by atoms with van der Waals surface area (Å²) in [6.07, 6.45) is 7.96. The molecule has 3 N–H and O–H groups in total. The highest BCUT2D eigenvalue weighted by Crippen LogP contribution is 2.23. The van der Waals surface area contributed by atoms with E-state index in [0.717, 1.165) is 36.8 Å². The first-order valence-corrected chi connectivity index (χ1v) is 11.7. The number of nitrogens with two attached hydrogens (primary N) is 1. The van der Waals surface area contributed by atoms with Crippen LogP contribution in [-0.4, -0.2) is 39.7 Å². The Morgan fingerprint density at radius 3 is 2.64 bits per heavy atom. The van der Waals surface area contributed by atoms with Crippen molar-refractivity contribution in [2.75, 3.05) is 7.05 Å². The molecule has 3 aromatic rings. The van der Waals surface area contributed by atoms with Crippen molar-refractivity contribution in [1.29, 1.82) is 5.41 Å². The van der Waals surface area contributed by atoms with Crippen LogP contribution in [0.5, 0.6) is 0 Å². The zero-order valence-corrected chi connectivity index (χ0v) is 19.9. The molecule has 0 aliphatic rings. The summed E-state index contributed by atoms with van der Waals surface area (Å²) >= 11 is 0. The molecule has 0 fully saturated rings. The average molecular weight is 446 g/mol. The first-order valence-electron chi connectivity index (χ1n) is 11.7. The molecule has 0 aliphatic carbocycles. The third-order valence-electron chi connectivity index (χ3n) is 6.34. The number of aromatic nitrogens is 2. The van der Waals surface area contributed by atoms with Crippen molar-refractivity contribution in [3.8, 4) is 0 Å². The van der Waals surface area contributed by atoms with Crippen molar-refractivity contribution in [2.45, 2.75) is 52.1 Å². The number of benzene rings is 1. The van der Waals surface area contributed by atoms with Crippen LogP contribution < -0.4 is 5.73 Å². The fourth-order valence-electron chi connectivity index (χ4n) is 4.45. The Morgan fingerprint density at radius 2 is 1.97 bits per heavy atom. The second-order valence-electron chi connectivity index (χ2n) is 8.66. The number of nitrogens with zero attached hydrogens (tertiary/aromatic N) is 3. The Hall–Kier alpha value is -3.41. The van der Waals surface area contributed by atoms with Gasteiger partial charge >= 0.3 is 0 Å². The van der Waals surface area contributed by atoms with Crippen molar-refractivity contribution in [3.63, 3.8) is 0 Å². The van der Waals surface area contributed by atoms with Crippen LogP contribution in [0.25, 0.3) is 16.6 Å². The number of rotatable bonds is 11. The lowest BCUT2D eigenvalue weighted by Gasteiger charge is -2.33.